The van der Waals surface area contributed by atoms with Crippen LogP contribution in [0.4, 0.5) is 5.69 Å². The summed E-state index contributed by atoms with van der Waals surface area (Å²) >= 11 is 0. The minimum atomic E-state index is -0.291. The van der Waals surface area contributed by atoms with Gasteiger partial charge in [-0.05, 0) is 54.7 Å². The third-order valence-electron chi connectivity index (χ3n) is 4.84. The van der Waals surface area contributed by atoms with Crippen molar-refractivity contribution in [2.24, 2.45) is 7.05 Å². The van der Waals surface area contributed by atoms with Gasteiger partial charge in [-0.15, -0.1) is 0 Å². The zero-order valence-corrected chi connectivity index (χ0v) is 15.3. The molecule has 0 saturated carbocycles. The van der Waals surface area contributed by atoms with Gasteiger partial charge in [-0.2, -0.15) is 0 Å². The summed E-state index contributed by atoms with van der Waals surface area (Å²) < 4.78 is 1.67. The van der Waals surface area contributed by atoms with Gasteiger partial charge >= 0.3 is 0 Å². The third kappa shape index (κ3) is 4.34. The van der Waals surface area contributed by atoms with Crippen LogP contribution in [0.25, 0.3) is 0 Å². The second kappa shape index (κ2) is 8.03. The first-order valence-corrected chi connectivity index (χ1v) is 8.98. The number of nitrogens with one attached hydrogen (secondary N) is 2. The zero-order chi connectivity index (χ0) is 19.4. The number of carbonyl (C=O) groups is 2. The van der Waals surface area contributed by atoms with Crippen LogP contribution < -0.4 is 16.2 Å². The van der Waals surface area contributed by atoms with Crippen LogP contribution >= 0.6 is 0 Å². The van der Waals surface area contributed by atoms with Gasteiger partial charge < -0.3 is 15.2 Å². The van der Waals surface area contributed by atoms with Crippen LogP contribution in [0.1, 0.15) is 35.7 Å². The topological polar surface area (TPSA) is 80.2 Å². The summed E-state index contributed by atoms with van der Waals surface area (Å²) in [5.41, 5.74) is 3.42. The predicted molar refractivity (Wildman–Crippen MR) is 104 cm³/mol. The monoisotopic (exact) mass is 365 g/mol. The molecule has 140 valence electrons. The van der Waals surface area contributed by atoms with E-state index in [0.29, 0.717) is 5.69 Å². The van der Waals surface area contributed by atoms with E-state index in [1.807, 2.05) is 12.1 Å². The number of hydrogen-bond donors (Lipinski definition) is 2. The van der Waals surface area contributed by atoms with Gasteiger partial charge in [0.25, 0.3) is 0 Å². The molecule has 3 rings (SSSR count). The van der Waals surface area contributed by atoms with Crippen LogP contribution in [0.3, 0.4) is 0 Å². The molecule has 2 amide bonds. The van der Waals surface area contributed by atoms with Crippen molar-refractivity contribution in [1.82, 2.24) is 9.88 Å². The molecule has 6 heteroatoms. The van der Waals surface area contributed by atoms with Crippen LogP contribution in [0, 0.1) is 0 Å². The van der Waals surface area contributed by atoms with E-state index in [4.69, 9.17) is 0 Å². The first kappa shape index (κ1) is 18.6. The number of aromatic nitrogens is 1. The lowest BCUT2D eigenvalue weighted by Crippen LogP contribution is -2.34. The number of fused-ring (bicyclic) bond motifs is 1. The number of carbonyl (C=O) groups excluding carboxylic acids is 2. The Kier molecular flexibility index (Phi) is 5.54. The molecule has 0 fully saturated rings. The summed E-state index contributed by atoms with van der Waals surface area (Å²) in [5.74, 6) is -0.380. The van der Waals surface area contributed by atoms with E-state index in [1.165, 1.54) is 6.08 Å². The summed E-state index contributed by atoms with van der Waals surface area (Å²) in [5, 5.41) is 5.77. The molecule has 0 spiro atoms. The number of amides is 2. The van der Waals surface area contributed by atoms with Crippen molar-refractivity contribution in [2.45, 2.75) is 31.7 Å². The average Bonchev–Trinajstić information content (AvgIpc) is 2.65. The summed E-state index contributed by atoms with van der Waals surface area (Å²) in [6.07, 6.45) is 4.05. The smallest absolute Gasteiger partial charge is 0.250 e. The Labute approximate surface area is 157 Å². The van der Waals surface area contributed by atoms with Crippen molar-refractivity contribution >= 4 is 17.5 Å². The SMILES string of the molecule is C=CC(=O)Nc1cccc(CC(=O)NC2CCCc3c2ccc(=O)n3C)c1. The number of benzene rings is 1. The first-order valence-electron chi connectivity index (χ1n) is 8.98. The lowest BCUT2D eigenvalue weighted by atomic mass is 9.90. The van der Waals surface area contributed by atoms with Crippen molar-refractivity contribution in [3.8, 4) is 0 Å². The van der Waals surface area contributed by atoms with Crippen molar-refractivity contribution in [2.75, 3.05) is 5.32 Å². The molecule has 1 aromatic carbocycles. The maximum Gasteiger partial charge on any atom is 0.250 e. The molecule has 1 aliphatic rings. The molecular weight excluding hydrogens is 342 g/mol. The molecule has 1 atom stereocenters. The quantitative estimate of drug-likeness (QED) is 0.798. The van der Waals surface area contributed by atoms with Crippen molar-refractivity contribution < 1.29 is 9.59 Å². The zero-order valence-electron chi connectivity index (χ0n) is 15.3. The number of pyridine rings is 1. The van der Waals surface area contributed by atoms with E-state index < -0.39 is 0 Å². The Hall–Kier alpha value is -3.15. The Bertz CT molecular complexity index is 946. The molecule has 2 N–H and O–H groups in total. The molecule has 0 radical (unpaired) electrons. The van der Waals surface area contributed by atoms with Gasteiger partial charge in [0, 0.05) is 24.5 Å². The van der Waals surface area contributed by atoms with E-state index >= 15 is 0 Å². The van der Waals surface area contributed by atoms with Crippen molar-refractivity contribution in [3.05, 3.63) is 76.2 Å². The van der Waals surface area contributed by atoms with Gasteiger partial charge in [0.15, 0.2) is 0 Å². The highest BCUT2D eigenvalue weighted by Gasteiger charge is 2.23. The standard InChI is InChI=1S/C21H23N3O3/c1-3-19(25)22-15-7-4-6-14(12-15)13-20(26)23-17-8-5-9-18-16(17)10-11-21(27)24(18)2/h3-4,6-7,10-12,17H,1,5,8-9,13H2,2H3,(H,22,25)(H,23,26). The molecule has 27 heavy (non-hydrogen) atoms. The highest BCUT2D eigenvalue weighted by Crippen LogP contribution is 2.28. The largest absolute Gasteiger partial charge is 0.349 e. The third-order valence-corrected chi connectivity index (χ3v) is 4.84. The number of nitrogens with zero attached hydrogens (tertiary/aromatic N) is 1. The van der Waals surface area contributed by atoms with Crippen LogP contribution in [0.2, 0.25) is 0 Å². The highest BCUT2D eigenvalue weighted by molar-refractivity contribution is 5.98. The molecule has 0 bridgehead atoms. The number of hydrogen-bond acceptors (Lipinski definition) is 3. The minimum Gasteiger partial charge on any atom is -0.349 e. The van der Waals surface area contributed by atoms with Crippen LogP contribution in [0.15, 0.2) is 53.8 Å². The molecule has 1 aromatic heterocycles. The Balaban J connectivity index is 1.70. The fourth-order valence-electron chi connectivity index (χ4n) is 3.49. The molecule has 6 nitrogen and oxygen atoms in total. The second-order valence-corrected chi connectivity index (χ2v) is 6.72. The van der Waals surface area contributed by atoms with Gasteiger partial charge in [0.05, 0.1) is 12.5 Å². The second-order valence-electron chi connectivity index (χ2n) is 6.72. The van der Waals surface area contributed by atoms with Gasteiger partial charge in [0.1, 0.15) is 0 Å². The Morgan fingerprint density at radius 3 is 2.89 bits per heavy atom. The first-order chi connectivity index (χ1) is 13.0. The molecule has 1 heterocycles. The lowest BCUT2D eigenvalue weighted by Gasteiger charge is -2.27. The summed E-state index contributed by atoms with van der Waals surface area (Å²) in [7, 11) is 1.77. The molecule has 0 saturated heterocycles. The van der Waals surface area contributed by atoms with Crippen LogP contribution in [-0.4, -0.2) is 16.4 Å². The maximum atomic E-state index is 12.5. The Morgan fingerprint density at radius 1 is 1.30 bits per heavy atom. The van der Waals surface area contributed by atoms with Crippen molar-refractivity contribution in [1.29, 1.82) is 0 Å². The van der Waals surface area contributed by atoms with Crippen molar-refractivity contribution in [3.63, 3.8) is 0 Å². The highest BCUT2D eigenvalue weighted by atomic mass is 16.2. The van der Waals surface area contributed by atoms with Gasteiger partial charge in [-0.3, -0.25) is 14.4 Å². The fourth-order valence-corrected chi connectivity index (χ4v) is 3.49. The van der Waals surface area contributed by atoms with Gasteiger partial charge in [-0.1, -0.05) is 18.7 Å². The molecule has 0 aliphatic heterocycles. The number of rotatable bonds is 5. The molecular formula is C21H23N3O3. The molecule has 2 aromatic rings. The molecule has 1 aliphatic carbocycles. The summed E-state index contributed by atoms with van der Waals surface area (Å²) in [6.45, 7) is 3.43. The predicted octanol–water partition coefficient (Wildman–Crippen LogP) is 2.25. The average molecular weight is 365 g/mol. The van der Waals surface area contributed by atoms with Gasteiger partial charge in [-0.25, -0.2) is 0 Å². The van der Waals surface area contributed by atoms with E-state index in [9.17, 15) is 14.4 Å². The molecule has 1 unspecified atom stereocenters. The van der Waals surface area contributed by atoms with E-state index in [2.05, 4.69) is 17.2 Å². The summed E-state index contributed by atoms with van der Waals surface area (Å²) in [6, 6.07) is 10.5. The van der Waals surface area contributed by atoms with E-state index in [1.54, 1.807) is 35.9 Å². The minimum absolute atomic E-state index is 0.0286. The summed E-state index contributed by atoms with van der Waals surface area (Å²) in [4.78, 5) is 35.8. The van der Waals surface area contributed by atoms with Crippen LogP contribution in [0.5, 0.6) is 0 Å². The van der Waals surface area contributed by atoms with E-state index in [-0.39, 0.29) is 29.8 Å². The normalized spacial score (nSPS) is 15.5. The van der Waals surface area contributed by atoms with Gasteiger partial charge in [0.2, 0.25) is 17.4 Å². The maximum absolute atomic E-state index is 12.5. The van der Waals surface area contributed by atoms with E-state index in [0.717, 1.165) is 36.1 Å². The number of anilines is 1. The lowest BCUT2D eigenvalue weighted by molar-refractivity contribution is -0.121. The Morgan fingerprint density at radius 2 is 2.11 bits per heavy atom. The fraction of sp³-hybridized carbons (Fsp3) is 0.286. The van der Waals surface area contributed by atoms with Crippen LogP contribution in [-0.2, 0) is 29.5 Å².